The molecule has 0 spiro atoms. The first-order valence-corrected chi connectivity index (χ1v) is 11.2. The first-order chi connectivity index (χ1) is 15.9. The molecule has 1 atom stereocenters. The van der Waals surface area contributed by atoms with Crippen molar-refractivity contribution in [1.29, 1.82) is 0 Å². The highest BCUT2D eigenvalue weighted by Gasteiger charge is 2.30. The molecule has 0 aliphatic carbocycles. The van der Waals surface area contributed by atoms with Crippen molar-refractivity contribution in [3.8, 4) is 5.75 Å². The van der Waals surface area contributed by atoms with Gasteiger partial charge in [-0.1, -0.05) is 17.7 Å². The normalized spacial score (nSPS) is 15.9. The molecule has 1 aliphatic heterocycles. The van der Waals surface area contributed by atoms with Gasteiger partial charge in [0.1, 0.15) is 23.5 Å². The van der Waals surface area contributed by atoms with E-state index in [4.69, 9.17) is 16.3 Å². The third-order valence-corrected chi connectivity index (χ3v) is 6.20. The number of hydrogen-bond donors (Lipinski definition) is 2. The number of carbonyl (C=O) groups is 1. The number of aryl methyl sites for hydroxylation is 1. The number of H-pyrrole nitrogens is 1. The minimum Gasteiger partial charge on any atom is -0.490 e. The molecule has 174 valence electrons. The van der Waals surface area contributed by atoms with Crippen molar-refractivity contribution < 1.29 is 18.3 Å². The quantitative estimate of drug-likeness (QED) is 0.522. The van der Waals surface area contributed by atoms with Gasteiger partial charge < -0.3 is 15.0 Å². The van der Waals surface area contributed by atoms with Gasteiger partial charge in [-0.15, -0.1) is 0 Å². The number of aromatic amines is 1. The number of ether oxygens (including phenoxy) is 1. The molecule has 1 unspecified atom stereocenters. The molecular weight excluding hydrogens is 450 g/mol. The predicted octanol–water partition coefficient (Wildman–Crippen LogP) is 4.66. The zero-order valence-electron chi connectivity index (χ0n) is 18.2. The van der Waals surface area contributed by atoms with Crippen LogP contribution in [-0.4, -0.2) is 46.5 Å². The zero-order chi connectivity index (χ0) is 23.4. The number of nitrogens with one attached hydrogen (secondary N) is 2. The van der Waals surface area contributed by atoms with Gasteiger partial charge in [0.15, 0.2) is 0 Å². The average molecular weight is 475 g/mol. The fourth-order valence-corrected chi connectivity index (χ4v) is 4.38. The maximum absolute atomic E-state index is 14.2. The number of likely N-dealkylation sites (tertiary alicyclic amines) is 1. The van der Waals surface area contributed by atoms with E-state index in [1.807, 2.05) is 6.92 Å². The van der Waals surface area contributed by atoms with Gasteiger partial charge in [0.2, 0.25) is 0 Å². The van der Waals surface area contributed by atoms with Crippen LogP contribution in [-0.2, 0) is 0 Å². The van der Waals surface area contributed by atoms with Crippen LogP contribution in [0.15, 0.2) is 48.8 Å². The minimum atomic E-state index is -0.659. The summed E-state index contributed by atoms with van der Waals surface area (Å²) in [6.07, 6.45) is 3.18. The van der Waals surface area contributed by atoms with Crippen molar-refractivity contribution >= 4 is 17.5 Å². The number of aromatic nitrogens is 2. The van der Waals surface area contributed by atoms with E-state index >= 15 is 0 Å². The van der Waals surface area contributed by atoms with Crippen LogP contribution in [0.1, 0.15) is 40.6 Å². The van der Waals surface area contributed by atoms with Crippen LogP contribution in [0, 0.1) is 18.6 Å². The van der Waals surface area contributed by atoms with E-state index in [1.54, 1.807) is 18.5 Å². The highest BCUT2D eigenvalue weighted by Crippen LogP contribution is 2.27. The Bertz CT molecular complexity index is 1080. The lowest BCUT2D eigenvalue weighted by molar-refractivity contribution is 0.0702. The average Bonchev–Trinajstić information content (AvgIpc) is 3.22. The van der Waals surface area contributed by atoms with Gasteiger partial charge in [-0.2, -0.15) is 0 Å². The van der Waals surface area contributed by atoms with E-state index < -0.39 is 11.7 Å². The predicted molar refractivity (Wildman–Crippen MR) is 121 cm³/mol. The van der Waals surface area contributed by atoms with Gasteiger partial charge in [0.25, 0.3) is 5.91 Å². The summed E-state index contributed by atoms with van der Waals surface area (Å²) in [5.41, 5.74) is 1.57. The molecule has 33 heavy (non-hydrogen) atoms. The fourth-order valence-electron chi connectivity index (χ4n) is 4.13. The molecule has 9 heteroatoms. The molecule has 1 fully saturated rings. The van der Waals surface area contributed by atoms with Crippen molar-refractivity contribution in [3.63, 3.8) is 0 Å². The molecule has 1 amide bonds. The molecule has 1 saturated heterocycles. The Labute approximate surface area is 195 Å². The maximum atomic E-state index is 14.2. The fraction of sp³-hybridized carbons (Fsp3) is 0.333. The molecule has 2 aromatic carbocycles. The third kappa shape index (κ3) is 5.51. The first-order valence-electron chi connectivity index (χ1n) is 10.8. The van der Waals surface area contributed by atoms with Crippen molar-refractivity contribution in [2.75, 3.05) is 19.6 Å². The molecule has 2 N–H and O–H groups in total. The van der Waals surface area contributed by atoms with E-state index in [9.17, 15) is 13.6 Å². The number of piperidine rings is 1. The smallest absolute Gasteiger partial charge is 0.255 e. The van der Waals surface area contributed by atoms with E-state index in [0.717, 1.165) is 37.3 Å². The van der Waals surface area contributed by atoms with Crippen molar-refractivity contribution in [3.05, 3.63) is 82.4 Å². The van der Waals surface area contributed by atoms with Gasteiger partial charge in [0, 0.05) is 19.6 Å². The molecule has 3 aromatic rings. The summed E-state index contributed by atoms with van der Waals surface area (Å²) in [7, 11) is 0. The minimum absolute atomic E-state index is 0.0158. The number of nitrogens with zero attached hydrogens (tertiary/aromatic N) is 2. The summed E-state index contributed by atoms with van der Waals surface area (Å²) < 4.78 is 33.3. The molecule has 1 aliphatic rings. The molecule has 0 saturated carbocycles. The van der Waals surface area contributed by atoms with Gasteiger partial charge in [-0.05, 0) is 56.2 Å². The molecular formula is C24H25ClF2N4O2. The third-order valence-electron chi connectivity index (χ3n) is 5.88. The van der Waals surface area contributed by atoms with E-state index in [2.05, 4.69) is 20.2 Å². The number of hydrogen-bond acceptors (Lipinski definition) is 4. The standard InChI is InChI=1S/C24H25ClF2N4O2/c1-15-23(30-14-29-15)21(13-28-24(32)22-19(25)3-2-4-20(22)27)31-11-9-18(10-12-31)33-17-7-5-16(26)6-8-17/h2-8,14,18,21H,9-13H2,1H3,(H,28,32)(H,29,30). The van der Waals surface area contributed by atoms with Crippen LogP contribution in [0.25, 0.3) is 0 Å². The van der Waals surface area contributed by atoms with Gasteiger partial charge in [-0.3, -0.25) is 9.69 Å². The van der Waals surface area contributed by atoms with Crippen LogP contribution >= 0.6 is 11.6 Å². The van der Waals surface area contributed by atoms with Crippen molar-refractivity contribution in [1.82, 2.24) is 20.2 Å². The Kier molecular flexibility index (Phi) is 7.25. The summed E-state index contributed by atoms with van der Waals surface area (Å²) in [6, 6.07) is 10.0. The van der Waals surface area contributed by atoms with Gasteiger partial charge in [0.05, 0.1) is 34.3 Å². The second-order valence-electron chi connectivity index (χ2n) is 8.03. The maximum Gasteiger partial charge on any atom is 0.255 e. The second kappa shape index (κ2) is 10.3. The topological polar surface area (TPSA) is 70.2 Å². The Hall–Kier alpha value is -2.97. The van der Waals surface area contributed by atoms with Gasteiger partial charge in [-0.25, -0.2) is 13.8 Å². The highest BCUT2D eigenvalue weighted by molar-refractivity contribution is 6.33. The number of imidazole rings is 1. The summed E-state index contributed by atoms with van der Waals surface area (Å²) >= 11 is 6.04. The van der Waals surface area contributed by atoms with Crippen molar-refractivity contribution in [2.45, 2.75) is 31.9 Å². The molecule has 0 radical (unpaired) electrons. The number of benzene rings is 2. The lowest BCUT2D eigenvalue weighted by Crippen LogP contribution is -2.44. The summed E-state index contributed by atoms with van der Waals surface area (Å²) in [4.78, 5) is 22.4. The number of carbonyl (C=O) groups excluding carboxylic acids is 1. The zero-order valence-corrected chi connectivity index (χ0v) is 18.9. The van der Waals surface area contributed by atoms with E-state index in [0.29, 0.717) is 5.75 Å². The molecule has 1 aromatic heterocycles. The van der Waals surface area contributed by atoms with Crippen LogP contribution in [0.2, 0.25) is 5.02 Å². The Morgan fingerprint density at radius 2 is 1.97 bits per heavy atom. The largest absolute Gasteiger partial charge is 0.490 e. The van der Waals surface area contributed by atoms with E-state index in [1.165, 1.54) is 30.3 Å². The van der Waals surface area contributed by atoms with Crippen molar-refractivity contribution in [2.24, 2.45) is 0 Å². The lowest BCUT2D eigenvalue weighted by Gasteiger charge is -2.37. The van der Waals surface area contributed by atoms with Gasteiger partial charge >= 0.3 is 0 Å². The molecule has 6 nitrogen and oxygen atoms in total. The number of halogens is 3. The van der Waals surface area contributed by atoms with Crippen LogP contribution < -0.4 is 10.1 Å². The molecule has 4 rings (SSSR count). The summed E-state index contributed by atoms with van der Waals surface area (Å²) in [5, 5.41) is 2.90. The monoisotopic (exact) mass is 474 g/mol. The molecule has 2 heterocycles. The first kappa shape index (κ1) is 23.2. The van der Waals surface area contributed by atoms with Crippen LogP contribution in [0.4, 0.5) is 8.78 Å². The highest BCUT2D eigenvalue weighted by atomic mass is 35.5. The van der Waals surface area contributed by atoms with Crippen LogP contribution in [0.5, 0.6) is 5.75 Å². The number of amides is 1. The Morgan fingerprint density at radius 1 is 1.24 bits per heavy atom. The second-order valence-corrected chi connectivity index (χ2v) is 8.44. The lowest BCUT2D eigenvalue weighted by atomic mass is 10.0. The van der Waals surface area contributed by atoms with E-state index in [-0.39, 0.29) is 35.1 Å². The SMILES string of the molecule is Cc1nc[nH]c1C(CNC(=O)c1c(F)cccc1Cl)N1CCC(Oc2ccc(F)cc2)CC1. The summed E-state index contributed by atoms with van der Waals surface area (Å²) in [5.74, 6) is -0.874. The summed E-state index contributed by atoms with van der Waals surface area (Å²) in [6.45, 7) is 3.62. The Balaban J connectivity index is 1.42. The number of rotatable bonds is 7. The molecule has 0 bridgehead atoms. The van der Waals surface area contributed by atoms with Crippen LogP contribution in [0.3, 0.4) is 0 Å². The Morgan fingerprint density at radius 3 is 2.61 bits per heavy atom.